The molecule has 104 valence electrons. The van der Waals surface area contributed by atoms with E-state index in [0.717, 1.165) is 25.3 Å². The molecule has 2 aromatic rings. The predicted molar refractivity (Wildman–Crippen MR) is 85.9 cm³/mol. The van der Waals surface area contributed by atoms with Gasteiger partial charge in [-0.15, -0.1) is 0 Å². The van der Waals surface area contributed by atoms with Crippen molar-refractivity contribution < 1.29 is 0 Å². The quantitative estimate of drug-likeness (QED) is 0.897. The minimum atomic E-state index is 0.319. The standard InChI is InChI=1S/C16H16Cl2N2/c17-13-7-4-8-15(16(13)18)20-10-9-19-14(11-20)12-5-2-1-3-6-12/h1-8,14,19H,9-11H2. The number of piperazine rings is 1. The van der Waals surface area contributed by atoms with Gasteiger partial charge in [0.25, 0.3) is 0 Å². The number of hydrogen-bond acceptors (Lipinski definition) is 2. The Morgan fingerprint density at radius 2 is 1.80 bits per heavy atom. The monoisotopic (exact) mass is 306 g/mol. The summed E-state index contributed by atoms with van der Waals surface area (Å²) < 4.78 is 0. The van der Waals surface area contributed by atoms with Gasteiger partial charge in [-0.1, -0.05) is 59.6 Å². The molecule has 1 N–H and O–H groups in total. The molecule has 20 heavy (non-hydrogen) atoms. The number of halogens is 2. The largest absolute Gasteiger partial charge is 0.367 e. The topological polar surface area (TPSA) is 15.3 Å². The van der Waals surface area contributed by atoms with Crippen LogP contribution in [0.15, 0.2) is 48.5 Å². The Morgan fingerprint density at radius 1 is 1.00 bits per heavy atom. The Balaban J connectivity index is 1.83. The molecule has 1 saturated heterocycles. The zero-order valence-corrected chi connectivity index (χ0v) is 12.5. The highest BCUT2D eigenvalue weighted by atomic mass is 35.5. The van der Waals surface area contributed by atoms with Gasteiger partial charge < -0.3 is 10.2 Å². The molecular weight excluding hydrogens is 291 g/mol. The summed E-state index contributed by atoms with van der Waals surface area (Å²) in [5.74, 6) is 0. The number of rotatable bonds is 2. The highest BCUT2D eigenvalue weighted by molar-refractivity contribution is 6.43. The van der Waals surface area contributed by atoms with Gasteiger partial charge >= 0.3 is 0 Å². The third-order valence-corrected chi connectivity index (χ3v) is 4.46. The molecule has 0 saturated carbocycles. The van der Waals surface area contributed by atoms with Crippen LogP contribution in [0.5, 0.6) is 0 Å². The number of nitrogens with zero attached hydrogens (tertiary/aromatic N) is 1. The molecule has 0 bridgehead atoms. The first kappa shape index (κ1) is 13.7. The lowest BCUT2D eigenvalue weighted by molar-refractivity contribution is 0.472. The molecular formula is C16H16Cl2N2. The van der Waals surface area contributed by atoms with Crippen molar-refractivity contribution in [3.8, 4) is 0 Å². The van der Waals surface area contributed by atoms with Crippen molar-refractivity contribution in [1.29, 1.82) is 0 Å². The van der Waals surface area contributed by atoms with E-state index in [-0.39, 0.29) is 0 Å². The average Bonchev–Trinajstić information content (AvgIpc) is 2.51. The highest BCUT2D eigenvalue weighted by Gasteiger charge is 2.22. The summed E-state index contributed by atoms with van der Waals surface area (Å²) in [6.07, 6.45) is 0. The molecule has 0 radical (unpaired) electrons. The smallest absolute Gasteiger partial charge is 0.0825 e. The number of hydrogen-bond donors (Lipinski definition) is 1. The van der Waals surface area contributed by atoms with E-state index >= 15 is 0 Å². The van der Waals surface area contributed by atoms with Gasteiger partial charge in [-0.05, 0) is 17.7 Å². The van der Waals surface area contributed by atoms with Gasteiger partial charge in [0.2, 0.25) is 0 Å². The van der Waals surface area contributed by atoms with Crippen molar-refractivity contribution in [3.05, 3.63) is 64.1 Å². The molecule has 4 heteroatoms. The van der Waals surface area contributed by atoms with Crippen LogP contribution in [0.25, 0.3) is 0 Å². The summed E-state index contributed by atoms with van der Waals surface area (Å²) in [5, 5.41) is 4.80. The first-order valence-electron chi connectivity index (χ1n) is 6.73. The van der Waals surface area contributed by atoms with Crippen molar-refractivity contribution in [2.45, 2.75) is 6.04 Å². The highest BCUT2D eigenvalue weighted by Crippen LogP contribution is 2.34. The number of anilines is 1. The minimum absolute atomic E-state index is 0.319. The zero-order valence-electron chi connectivity index (χ0n) is 11.0. The maximum absolute atomic E-state index is 6.33. The summed E-state index contributed by atoms with van der Waals surface area (Å²) in [4.78, 5) is 2.29. The van der Waals surface area contributed by atoms with Crippen molar-refractivity contribution in [1.82, 2.24) is 5.32 Å². The molecule has 2 nitrogen and oxygen atoms in total. The second-order valence-electron chi connectivity index (χ2n) is 4.94. The van der Waals surface area contributed by atoms with Crippen LogP contribution < -0.4 is 10.2 Å². The van der Waals surface area contributed by atoms with Crippen LogP contribution in [0.1, 0.15) is 11.6 Å². The van der Waals surface area contributed by atoms with Gasteiger partial charge in [0.1, 0.15) is 0 Å². The first-order valence-corrected chi connectivity index (χ1v) is 7.48. The second-order valence-corrected chi connectivity index (χ2v) is 5.72. The van der Waals surface area contributed by atoms with Gasteiger partial charge in [0.15, 0.2) is 0 Å². The Morgan fingerprint density at radius 3 is 2.60 bits per heavy atom. The zero-order chi connectivity index (χ0) is 13.9. The Bertz CT molecular complexity index is 586. The van der Waals surface area contributed by atoms with Crippen LogP contribution in [0, 0.1) is 0 Å². The van der Waals surface area contributed by atoms with Crippen LogP contribution in [-0.2, 0) is 0 Å². The summed E-state index contributed by atoms with van der Waals surface area (Å²) >= 11 is 12.4. The van der Waals surface area contributed by atoms with Gasteiger partial charge in [0, 0.05) is 25.7 Å². The lowest BCUT2D eigenvalue weighted by Gasteiger charge is -2.36. The lowest BCUT2D eigenvalue weighted by atomic mass is 10.0. The van der Waals surface area contributed by atoms with E-state index in [1.165, 1.54) is 5.56 Å². The molecule has 0 aromatic heterocycles. The van der Waals surface area contributed by atoms with Gasteiger partial charge in [0.05, 0.1) is 15.7 Å². The summed E-state index contributed by atoms with van der Waals surface area (Å²) in [5.41, 5.74) is 2.32. The predicted octanol–water partition coefficient (Wildman–Crippen LogP) is 4.14. The summed E-state index contributed by atoms with van der Waals surface area (Å²) in [6.45, 7) is 2.76. The summed E-state index contributed by atoms with van der Waals surface area (Å²) in [6, 6.07) is 16.6. The average molecular weight is 307 g/mol. The maximum Gasteiger partial charge on any atom is 0.0825 e. The van der Waals surface area contributed by atoms with Crippen molar-refractivity contribution in [3.63, 3.8) is 0 Å². The first-order chi connectivity index (χ1) is 9.75. The fourth-order valence-electron chi connectivity index (χ4n) is 2.61. The van der Waals surface area contributed by atoms with E-state index in [2.05, 4.69) is 34.5 Å². The van der Waals surface area contributed by atoms with E-state index in [1.54, 1.807) is 0 Å². The van der Waals surface area contributed by atoms with Crippen LogP contribution in [-0.4, -0.2) is 19.6 Å². The van der Waals surface area contributed by atoms with Crippen LogP contribution in [0.3, 0.4) is 0 Å². The molecule has 1 aliphatic rings. The lowest BCUT2D eigenvalue weighted by Crippen LogP contribution is -2.46. The fraction of sp³-hybridized carbons (Fsp3) is 0.250. The molecule has 1 unspecified atom stereocenters. The van der Waals surface area contributed by atoms with Gasteiger partial charge in [-0.3, -0.25) is 0 Å². The van der Waals surface area contributed by atoms with E-state index in [4.69, 9.17) is 23.2 Å². The Hall–Kier alpha value is -1.22. The Labute approximate surface area is 129 Å². The van der Waals surface area contributed by atoms with Crippen LogP contribution >= 0.6 is 23.2 Å². The molecule has 1 fully saturated rings. The van der Waals surface area contributed by atoms with Crippen molar-refractivity contribution in [2.75, 3.05) is 24.5 Å². The molecule has 0 aliphatic carbocycles. The van der Waals surface area contributed by atoms with Gasteiger partial charge in [-0.2, -0.15) is 0 Å². The number of benzene rings is 2. The van der Waals surface area contributed by atoms with Gasteiger partial charge in [-0.25, -0.2) is 0 Å². The minimum Gasteiger partial charge on any atom is -0.367 e. The molecule has 1 heterocycles. The second kappa shape index (κ2) is 6.04. The number of nitrogens with one attached hydrogen (secondary N) is 1. The SMILES string of the molecule is Clc1cccc(N2CCNC(c3ccccc3)C2)c1Cl. The third-order valence-electron chi connectivity index (χ3n) is 3.65. The maximum atomic E-state index is 6.33. The van der Waals surface area contributed by atoms with Crippen molar-refractivity contribution >= 4 is 28.9 Å². The molecule has 2 aromatic carbocycles. The van der Waals surface area contributed by atoms with Crippen LogP contribution in [0.2, 0.25) is 10.0 Å². The van der Waals surface area contributed by atoms with Crippen LogP contribution in [0.4, 0.5) is 5.69 Å². The fourth-order valence-corrected chi connectivity index (χ4v) is 3.03. The van der Waals surface area contributed by atoms with E-state index < -0.39 is 0 Å². The Kier molecular flexibility index (Phi) is 4.16. The van der Waals surface area contributed by atoms with E-state index in [0.29, 0.717) is 16.1 Å². The van der Waals surface area contributed by atoms with E-state index in [9.17, 15) is 0 Å². The normalized spacial score (nSPS) is 19.1. The van der Waals surface area contributed by atoms with E-state index in [1.807, 2.05) is 24.3 Å². The molecule has 3 rings (SSSR count). The third kappa shape index (κ3) is 2.78. The summed E-state index contributed by atoms with van der Waals surface area (Å²) in [7, 11) is 0. The molecule has 0 spiro atoms. The van der Waals surface area contributed by atoms with Crippen molar-refractivity contribution in [2.24, 2.45) is 0 Å². The molecule has 1 atom stereocenters. The molecule has 1 aliphatic heterocycles. The molecule has 0 amide bonds.